The number of likely N-dealkylation sites (tertiary alicyclic amines) is 1. The molecule has 1 aromatic carbocycles. The van der Waals surface area contributed by atoms with Crippen LogP contribution >= 0.6 is 11.3 Å². The lowest BCUT2D eigenvalue weighted by atomic mass is 10.1. The minimum absolute atomic E-state index is 0.0286. The summed E-state index contributed by atoms with van der Waals surface area (Å²) in [5.74, 6) is 1.20. The van der Waals surface area contributed by atoms with E-state index in [4.69, 9.17) is 10.5 Å². The Bertz CT molecular complexity index is 757. The predicted octanol–water partition coefficient (Wildman–Crippen LogP) is 2.85. The van der Waals surface area contributed by atoms with Gasteiger partial charge in [-0.1, -0.05) is 18.2 Å². The van der Waals surface area contributed by atoms with E-state index in [2.05, 4.69) is 4.98 Å². The van der Waals surface area contributed by atoms with Gasteiger partial charge in [0.1, 0.15) is 12.4 Å². The molecule has 2 heterocycles. The fourth-order valence-electron chi connectivity index (χ4n) is 2.87. The van der Waals surface area contributed by atoms with Gasteiger partial charge in [-0.25, -0.2) is 4.98 Å². The summed E-state index contributed by atoms with van der Waals surface area (Å²) in [6.45, 7) is 4.57. The molecule has 5 nitrogen and oxygen atoms in total. The Hall–Kier alpha value is -2.18. The molecule has 1 amide bonds. The van der Waals surface area contributed by atoms with E-state index in [0.717, 1.165) is 41.5 Å². The number of nitrogens with two attached hydrogens (primary N) is 1. The standard InChI is InChI=1S/C19H23N3O2S/c1-14-21-17(13-25-14)12-24-18-5-3-2-4-16(18)6-7-19(23)22-9-8-15(10-20)11-22/h2-7,13,15H,8-12,20H2,1H3. The molecule has 2 aromatic rings. The molecule has 1 fully saturated rings. The van der Waals surface area contributed by atoms with Gasteiger partial charge in [0.25, 0.3) is 0 Å². The van der Waals surface area contributed by atoms with Crippen molar-refractivity contribution in [2.45, 2.75) is 20.0 Å². The zero-order valence-corrected chi connectivity index (χ0v) is 15.2. The minimum Gasteiger partial charge on any atom is -0.487 e. The van der Waals surface area contributed by atoms with Gasteiger partial charge in [-0.05, 0) is 37.9 Å². The molecule has 25 heavy (non-hydrogen) atoms. The molecule has 1 aliphatic heterocycles. The summed E-state index contributed by atoms with van der Waals surface area (Å²) in [6, 6.07) is 7.71. The lowest BCUT2D eigenvalue weighted by Crippen LogP contribution is -2.28. The summed E-state index contributed by atoms with van der Waals surface area (Å²) in [7, 11) is 0. The molecule has 0 saturated carbocycles. The summed E-state index contributed by atoms with van der Waals surface area (Å²) in [6.07, 6.45) is 4.43. The molecule has 1 unspecified atom stereocenters. The van der Waals surface area contributed by atoms with Crippen molar-refractivity contribution in [3.05, 3.63) is 52.0 Å². The number of para-hydroxylation sites is 1. The molecule has 0 spiro atoms. The van der Waals surface area contributed by atoms with Gasteiger partial charge < -0.3 is 15.4 Å². The Labute approximate surface area is 152 Å². The van der Waals surface area contributed by atoms with Crippen molar-refractivity contribution >= 4 is 23.3 Å². The third-order valence-corrected chi connectivity index (χ3v) is 5.12. The van der Waals surface area contributed by atoms with Crippen molar-refractivity contribution < 1.29 is 9.53 Å². The normalized spacial score (nSPS) is 17.4. The quantitative estimate of drug-likeness (QED) is 0.807. The fourth-order valence-corrected chi connectivity index (χ4v) is 3.46. The first-order valence-corrected chi connectivity index (χ1v) is 9.33. The van der Waals surface area contributed by atoms with Crippen molar-refractivity contribution in [3.63, 3.8) is 0 Å². The predicted molar refractivity (Wildman–Crippen MR) is 100 cm³/mol. The topological polar surface area (TPSA) is 68.5 Å². The zero-order chi connectivity index (χ0) is 17.6. The first kappa shape index (κ1) is 17.6. The van der Waals surface area contributed by atoms with Crippen molar-refractivity contribution in [2.75, 3.05) is 19.6 Å². The second kappa shape index (κ2) is 8.27. The van der Waals surface area contributed by atoms with Crippen molar-refractivity contribution in [1.29, 1.82) is 0 Å². The summed E-state index contributed by atoms with van der Waals surface area (Å²) in [4.78, 5) is 18.6. The number of amides is 1. The SMILES string of the molecule is Cc1nc(COc2ccccc2C=CC(=O)N2CCC(CN)C2)cs1. The maximum atomic E-state index is 12.3. The van der Waals surface area contributed by atoms with Crippen LogP contribution in [0.15, 0.2) is 35.7 Å². The van der Waals surface area contributed by atoms with E-state index in [1.54, 1.807) is 17.4 Å². The van der Waals surface area contributed by atoms with Crippen molar-refractivity contribution in [1.82, 2.24) is 9.88 Å². The molecule has 2 N–H and O–H groups in total. The number of aryl methyl sites for hydroxylation is 1. The highest BCUT2D eigenvalue weighted by Gasteiger charge is 2.23. The third kappa shape index (κ3) is 4.67. The second-order valence-corrected chi connectivity index (χ2v) is 7.25. The number of carbonyl (C=O) groups excluding carboxylic acids is 1. The molecular weight excluding hydrogens is 334 g/mol. The number of hydrogen-bond donors (Lipinski definition) is 1. The van der Waals surface area contributed by atoms with E-state index >= 15 is 0 Å². The van der Waals surface area contributed by atoms with Crippen LogP contribution in [0.1, 0.15) is 22.7 Å². The Morgan fingerprint density at radius 1 is 1.48 bits per heavy atom. The molecule has 1 atom stereocenters. The molecule has 132 valence electrons. The first-order valence-electron chi connectivity index (χ1n) is 8.45. The zero-order valence-electron chi connectivity index (χ0n) is 14.4. The molecule has 1 aromatic heterocycles. The van der Waals surface area contributed by atoms with Gasteiger partial charge in [0.05, 0.1) is 10.7 Å². The Morgan fingerprint density at radius 2 is 2.32 bits per heavy atom. The molecule has 3 rings (SSSR count). The van der Waals surface area contributed by atoms with Gasteiger partial charge in [-0.3, -0.25) is 4.79 Å². The van der Waals surface area contributed by atoms with E-state index in [1.807, 2.05) is 47.5 Å². The number of rotatable bonds is 6. The van der Waals surface area contributed by atoms with Gasteiger partial charge in [-0.2, -0.15) is 0 Å². The summed E-state index contributed by atoms with van der Waals surface area (Å²) >= 11 is 1.61. The highest BCUT2D eigenvalue weighted by atomic mass is 32.1. The highest BCUT2D eigenvalue weighted by Crippen LogP contribution is 2.22. The van der Waals surface area contributed by atoms with Crippen molar-refractivity contribution in [3.8, 4) is 5.75 Å². The number of ether oxygens (including phenoxy) is 1. The molecule has 6 heteroatoms. The molecule has 1 aliphatic rings. The van der Waals surface area contributed by atoms with Crippen LogP contribution in [0.25, 0.3) is 6.08 Å². The lowest BCUT2D eigenvalue weighted by molar-refractivity contribution is -0.125. The van der Waals surface area contributed by atoms with Crippen LogP contribution in [-0.4, -0.2) is 35.4 Å². The largest absolute Gasteiger partial charge is 0.487 e. The van der Waals surface area contributed by atoms with Gasteiger partial charge in [-0.15, -0.1) is 11.3 Å². The van der Waals surface area contributed by atoms with Gasteiger partial charge >= 0.3 is 0 Å². The number of aromatic nitrogens is 1. The molecular formula is C19H23N3O2S. The second-order valence-electron chi connectivity index (χ2n) is 6.19. The average molecular weight is 357 g/mol. The van der Waals surface area contributed by atoms with Crippen LogP contribution < -0.4 is 10.5 Å². The number of benzene rings is 1. The van der Waals surface area contributed by atoms with E-state index in [1.165, 1.54) is 0 Å². The third-order valence-electron chi connectivity index (χ3n) is 4.30. The van der Waals surface area contributed by atoms with E-state index < -0.39 is 0 Å². The maximum absolute atomic E-state index is 12.3. The van der Waals surface area contributed by atoms with Crippen LogP contribution in [0.5, 0.6) is 5.75 Å². The highest BCUT2D eigenvalue weighted by molar-refractivity contribution is 7.09. The van der Waals surface area contributed by atoms with Gasteiger partial charge in [0, 0.05) is 30.1 Å². The van der Waals surface area contributed by atoms with Crippen LogP contribution in [-0.2, 0) is 11.4 Å². The van der Waals surface area contributed by atoms with Crippen molar-refractivity contribution in [2.24, 2.45) is 11.7 Å². The van der Waals surface area contributed by atoms with Crippen LogP contribution in [0, 0.1) is 12.8 Å². The number of carbonyl (C=O) groups is 1. The smallest absolute Gasteiger partial charge is 0.246 e. The summed E-state index contributed by atoms with van der Waals surface area (Å²) in [5.41, 5.74) is 7.49. The number of nitrogens with zero attached hydrogens (tertiary/aromatic N) is 2. The van der Waals surface area contributed by atoms with E-state index in [9.17, 15) is 4.79 Å². The monoisotopic (exact) mass is 357 g/mol. The Morgan fingerprint density at radius 3 is 3.04 bits per heavy atom. The van der Waals surface area contributed by atoms with Gasteiger partial charge in [0.15, 0.2) is 0 Å². The van der Waals surface area contributed by atoms with Crippen LogP contribution in [0.3, 0.4) is 0 Å². The number of hydrogen-bond acceptors (Lipinski definition) is 5. The Kier molecular flexibility index (Phi) is 5.83. The van der Waals surface area contributed by atoms with E-state index in [0.29, 0.717) is 19.1 Å². The Balaban J connectivity index is 1.63. The van der Waals surface area contributed by atoms with Gasteiger partial charge in [0.2, 0.25) is 5.91 Å². The van der Waals surface area contributed by atoms with Crippen LogP contribution in [0.4, 0.5) is 0 Å². The molecule has 0 bridgehead atoms. The summed E-state index contributed by atoms with van der Waals surface area (Å²) < 4.78 is 5.88. The van der Waals surface area contributed by atoms with E-state index in [-0.39, 0.29) is 5.91 Å². The molecule has 1 saturated heterocycles. The maximum Gasteiger partial charge on any atom is 0.246 e. The fraction of sp³-hybridized carbons (Fsp3) is 0.368. The molecule has 0 aliphatic carbocycles. The first-order chi connectivity index (χ1) is 12.2. The summed E-state index contributed by atoms with van der Waals surface area (Å²) in [5, 5.41) is 3.03. The lowest BCUT2D eigenvalue weighted by Gasteiger charge is -2.13. The molecule has 0 radical (unpaired) electrons. The van der Waals surface area contributed by atoms with Crippen LogP contribution in [0.2, 0.25) is 0 Å². The average Bonchev–Trinajstić information content (AvgIpc) is 3.27. The number of thiazole rings is 1. The minimum atomic E-state index is 0.0286.